The second kappa shape index (κ2) is 8.71. The van der Waals surface area contributed by atoms with Crippen LogP contribution in [0.5, 0.6) is 0 Å². The van der Waals surface area contributed by atoms with E-state index in [0.29, 0.717) is 51.0 Å². The van der Waals surface area contributed by atoms with Crippen LogP contribution in [-0.4, -0.2) is 76.5 Å². The first kappa shape index (κ1) is 22.2. The van der Waals surface area contributed by atoms with Crippen LogP contribution in [0.3, 0.4) is 0 Å². The molecule has 3 saturated heterocycles. The number of fused-ring (bicyclic) bond motifs is 4. The van der Waals surface area contributed by atoms with Gasteiger partial charge in [0.1, 0.15) is 5.54 Å². The number of hydrogen-bond acceptors (Lipinski definition) is 6. The van der Waals surface area contributed by atoms with Crippen molar-refractivity contribution in [2.24, 2.45) is 5.92 Å². The summed E-state index contributed by atoms with van der Waals surface area (Å²) < 4.78 is 0. The Morgan fingerprint density at radius 3 is 2.71 bits per heavy atom. The number of hydrogen-bond donors (Lipinski definition) is 1. The van der Waals surface area contributed by atoms with Gasteiger partial charge < -0.3 is 15.1 Å². The van der Waals surface area contributed by atoms with Crippen LogP contribution in [0, 0.1) is 5.92 Å². The molecule has 5 heterocycles. The largest absolute Gasteiger partial charge is 0.356 e. The average Bonchev–Trinajstić information content (AvgIpc) is 3.54. The normalized spacial score (nSPS) is 28.9. The smallest absolute Gasteiger partial charge is 0.255 e. The molecule has 1 aromatic carbocycles. The monoisotopic (exact) mass is 474 g/mol. The van der Waals surface area contributed by atoms with Crippen LogP contribution >= 0.6 is 0 Å². The highest BCUT2D eigenvalue weighted by Crippen LogP contribution is 2.57. The zero-order valence-electron chi connectivity index (χ0n) is 19.7. The quantitative estimate of drug-likeness (QED) is 0.674. The van der Waals surface area contributed by atoms with Crippen LogP contribution in [0.15, 0.2) is 42.7 Å². The van der Waals surface area contributed by atoms with Gasteiger partial charge >= 0.3 is 0 Å². The maximum absolute atomic E-state index is 14.3. The Kier molecular flexibility index (Phi) is 5.51. The maximum atomic E-state index is 14.3. The molecular weight excluding hydrogens is 444 g/mol. The SMILES string of the molecule is O=C1NCCCN(C(=O)c2ccnnc2)CCCN2C(=O)[C@@]3(c4ccccc42)[C@@H]1C[C@@H]1CCCN13. The number of benzene rings is 1. The molecule has 2 aromatic rings. The van der Waals surface area contributed by atoms with Crippen molar-refractivity contribution in [1.29, 1.82) is 0 Å². The molecule has 2 bridgehead atoms. The van der Waals surface area contributed by atoms with Gasteiger partial charge in [0, 0.05) is 43.5 Å². The number of amides is 3. The lowest BCUT2D eigenvalue weighted by Crippen LogP contribution is -2.56. The number of nitrogens with zero attached hydrogens (tertiary/aromatic N) is 5. The van der Waals surface area contributed by atoms with Crippen LogP contribution in [0.2, 0.25) is 0 Å². The van der Waals surface area contributed by atoms with E-state index in [4.69, 9.17) is 0 Å². The van der Waals surface area contributed by atoms with Crippen molar-refractivity contribution in [2.75, 3.05) is 37.6 Å². The van der Waals surface area contributed by atoms with Crippen molar-refractivity contribution in [3.63, 3.8) is 0 Å². The zero-order valence-corrected chi connectivity index (χ0v) is 19.7. The molecule has 4 aliphatic heterocycles. The van der Waals surface area contributed by atoms with Crippen molar-refractivity contribution >= 4 is 23.4 Å². The predicted molar refractivity (Wildman–Crippen MR) is 128 cm³/mol. The highest BCUT2D eigenvalue weighted by molar-refractivity contribution is 6.11. The van der Waals surface area contributed by atoms with E-state index in [1.54, 1.807) is 11.0 Å². The molecule has 3 atom stereocenters. The van der Waals surface area contributed by atoms with E-state index >= 15 is 0 Å². The average molecular weight is 475 g/mol. The van der Waals surface area contributed by atoms with Crippen molar-refractivity contribution in [2.45, 2.75) is 43.7 Å². The van der Waals surface area contributed by atoms with Gasteiger partial charge in [-0.25, -0.2) is 0 Å². The molecule has 6 rings (SSSR count). The van der Waals surface area contributed by atoms with Gasteiger partial charge in [-0.1, -0.05) is 18.2 Å². The number of carbonyl (C=O) groups is 3. The van der Waals surface area contributed by atoms with Crippen molar-refractivity contribution in [3.05, 3.63) is 53.9 Å². The molecule has 35 heavy (non-hydrogen) atoms. The summed E-state index contributed by atoms with van der Waals surface area (Å²) in [5, 5.41) is 10.7. The van der Waals surface area contributed by atoms with Crippen LogP contribution in [0.1, 0.15) is 48.0 Å². The summed E-state index contributed by atoms with van der Waals surface area (Å²) in [6.07, 6.45) is 7.08. The summed E-state index contributed by atoms with van der Waals surface area (Å²) in [7, 11) is 0. The van der Waals surface area contributed by atoms with Gasteiger partial charge in [-0.05, 0) is 50.8 Å². The van der Waals surface area contributed by atoms with Gasteiger partial charge in [0.15, 0.2) is 0 Å². The van der Waals surface area contributed by atoms with E-state index in [2.05, 4.69) is 20.4 Å². The minimum atomic E-state index is -0.923. The van der Waals surface area contributed by atoms with E-state index in [1.807, 2.05) is 29.2 Å². The first-order valence-corrected chi connectivity index (χ1v) is 12.6. The maximum Gasteiger partial charge on any atom is 0.255 e. The minimum absolute atomic E-state index is 0.0127. The highest BCUT2D eigenvalue weighted by Gasteiger charge is 2.66. The predicted octanol–water partition coefficient (Wildman–Crippen LogP) is 1.56. The Balaban J connectivity index is 1.35. The van der Waals surface area contributed by atoms with E-state index < -0.39 is 11.5 Å². The third-order valence-corrected chi connectivity index (χ3v) is 8.17. The third kappa shape index (κ3) is 3.36. The number of nitrogens with one attached hydrogen (secondary N) is 1. The molecular formula is C26H30N6O3. The second-order valence-electron chi connectivity index (χ2n) is 9.94. The van der Waals surface area contributed by atoms with Crippen LogP contribution in [-0.2, 0) is 15.1 Å². The fourth-order valence-electron chi connectivity index (χ4n) is 6.72. The van der Waals surface area contributed by atoms with E-state index in [-0.39, 0.29) is 23.8 Å². The molecule has 9 heteroatoms. The van der Waals surface area contributed by atoms with Crippen LogP contribution in [0.25, 0.3) is 0 Å². The summed E-state index contributed by atoms with van der Waals surface area (Å²) in [6, 6.07) is 9.89. The molecule has 4 aliphatic rings. The molecule has 9 nitrogen and oxygen atoms in total. The van der Waals surface area contributed by atoms with Gasteiger partial charge in [-0.3, -0.25) is 19.3 Å². The molecule has 1 aromatic heterocycles. The molecule has 182 valence electrons. The molecule has 1 N–H and O–H groups in total. The summed E-state index contributed by atoms with van der Waals surface area (Å²) in [6.45, 7) is 2.85. The van der Waals surface area contributed by atoms with E-state index in [0.717, 1.165) is 30.6 Å². The molecule has 3 amide bonds. The Bertz CT molecular complexity index is 1160. The fraction of sp³-hybridized carbons (Fsp3) is 0.500. The van der Waals surface area contributed by atoms with E-state index in [1.165, 1.54) is 12.4 Å². The molecule has 0 radical (unpaired) electrons. The van der Waals surface area contributed by atoms with Gasteiger partial charge in [0.05, 0.1) is 23.9 Å². The minimum Gasteiger partial charge on any atom is -0.356 e. The van der Waals surface area contributed by atoms with Gasteiger partial charge in [-0.2, -0.15) is 10.2 Å². The summed E-state index contributed by atoms with van der Waals surface area (Å²) in [5.41, 5.74) is 1.43. The van der Waals surface area contributed by atoms with Crippen molar-refractivity contribution < 1.29 is 14.4 Å². The zero-order chi connectivity index (χ0) is 24.0. The number of para-hydroxylation sites is 1. The molecule has 3 fully saturated rings. The Hall–Kier alpha value is -3.33. The van der Waals surface area contributed by atoms with Gasteiger partial charge in [-0.15, -0.1) is 0 Å². The lowest BCUT2D eigenvalue weighted by Gasteiger charge is -2.37. The van der Waals surface area contributed by atoms with Crippen LogP contribution < -0.4 is 10.2 Å². The number of carbonyl (C=O) groups excluding carboxylic acids is 3. The van der Waals surface area contributed by atoms with Gasteiger partial charge in [0.2, 0.25) is 5.91 Å². The number of anilines is 1. The second-order valence-corrected chi connectivity index (χ2v) is 9.94. The highest BCUT2D eigenvalue weighted by atomic mass is 16.2. The molecule has 1 spiro atoms. The first-order chi connectivity index (χ1) is 17.1. The number of rotatable bonds is 1. The molecule has 0 aliphatic carbocycles. The Labute approximate surface area is 204 Å². The summed E-state index contributed by atoms with van der Waals surface area (Å²) in [4.78, 5) is 47.0. The van der Waals surface area contributed by atoms with Crippen LogP contribution in [0.4, 0.5) is 5.69 Å². The topological polar surface area (TPSA) is 98.7 Å². The Morgan fingerprint density at radius 2 is 1.86 bits per heavy atom. The summed E-state index contributed by atoms with van der Waals surface area (Å²) >= 11 is 0. The first-order valence-electron chi connectivity index (χ1n) is 12.6. The lowest BCUT2D eigenvalue weighted by atomic mass is 9.78. The Morgan fingerprint density at radius 1 is 1.00 bits per heavy atom. The lowest BCUT2D eigenvalue weighted by molar-refractivity contribution is -0.138. The standard InChI is InChI=1S/C26H30N6O3/c33-23-21-16-19-6-3-15-32(19)26(21)20-7-1-2-8-22(20)31(25(26)35)14-5-13-30(12-4-10-27-23)24(34)18-9-11-28-29-17-18/h1-2,7-9,11,17,19,21H,3-6,10,12-16H2,(H,27,33)/t19-,21+,26+/m0/s1. The molecule has 0 unspecified atom stereocenters. The van der Waals surface area contributed by atoms with Crippen molar-refractivity contribution in [1.82, 2.24) is 25.3 Å². The molecule has 0 saturated carbocycles. The fourth-order valence-corrected chi connectivity index (χ4v) is 6.72. The van der Waals surface area contributed by atoms with E-state index in [9.17, 15) is 14.4 Å². The number of aromatic nitrogens is 2. The summed E-state index contributed by atoms with van der Waals surface area (Å²) in [5.74, 6) is -0.561. The van der Waals surface area contributed by atoms with Gasteiger partial charge in [0.25, 0.3) is 11.8 Å². The third-order valence-electron chi connectivity index (χ3n) is 8.17. The van der Waals surface area contributed by atoms with Crippen molar-refractivity contribution in [3.8, 4) is 0 Å².